The van der Waals surface area contributed by atoms with E-state index in [9.17, 15) is 5.11 Å². The third kappa shape index (κ3) is 3.19. The number of hydrogen-bond acceptors (Lipinski definition) is 3. The first-order valence-electron chi connectivity index (χ1n) is 6.92. The van der Waals surface area contributed by atoms with E-state index in [2.05, 4.69) is 10.6 Å². The van der Waals surface area contributed by atoms with Gasteiger partial charge >= 0.3 is 0 Å². The normalized spacial score (nSPS) is 37.5. The van der Waals surface area contributed by atoms with Crippen LogP contribution in [0.5, 0.6) is 0 Å². The van der Waals surface area contributed by atoms with Gasteiger partial charge in [-0.05, 0) is 45.1 Å². The predicted molar refractivity (Wildman–Crippen MR) is 66.5 cm³/mol. The van der Waals surface area contributed by atoms with Crippen LogP contribution in [0, 0.1) is 5.92 Å². The van der Waals surface area contributed by atoms with Gasteiger partial charge in [0, 0.05) is 18.6 Å². The largest absolute Gasteiger partial charge is 0.392 e. The molecule has 0 spiro atoms. The minimum absolute atomic E-state index is 0.223. The number of nitrogens with one attached hydrogen (secondary N) is 2. The third-order valence-electron chi connectivity index (χ3n) is 4.11. The van der Waals surface area contributed by atoms with E-state index in [0.717, 1.165) is 18.5 Å². The molecule has 0 aromatic carbocycles. The summed E-state index contributed by atoms with van der Waals surface area (Å²) in [4.78, 5) is 0. The molecule has 2 fully saturated rings. The third-order valence-corrected chi connectivity index (χ3v) is 4.11. The molecule has 0 amide bonds. The van der Waals surface area contributed by atoms with E-state index in [1.54, 1.807) is 0 Å². The van der Waals surface area contributed by atoms with E-state index in [4.69, 9.17) is 0 Å². The van der Waals surface area contributed by atoms with Crippen molar-refractivity contribution in [1.82, 2.24) is 10.6 Å². The highest BCUT2D eigenvalue weighted by Gasteiger charge is 2.32. The Labute approximate surface area is 99.0 Å². The highest BCUT2D eigenvalue weighted by Crippen LogP contribution is 2.30. The molecular weight excluding hydrogens is 200 g/mol. The zero-order valence-electron chi connectivity index (χ0n) is 10.4. The van der Waals surface area contributed by atoms with E-state index in [-0.39, 0.29) is 6.10 Å². The molecule has 0 bridgehead atoms. The van der Waals surface area contributed by atoms with Gasteiger partial charge < -0.3 is 15.7 Å². The molecule has 0 radical (unpaired) electrons. The molecule has 94 valence electrons. The molecule has 3 heteroatoms. The van der Waals surface area contributed by atoms with Gasteiger partial charge in [0.2, 0.25) is 0 Å². The molecule has 0 aromatic heterocycles. The summed E-state index contributed by atoms with van der Waals surface area (Å²) < 4.78 is 0. The molecule has 2 aliphatic rings. The van der Waals surface area contributed by atoms with Crippen LogP contribution in [0.25, 0.3) is 0 Å². The first-order valence-corrected chi connectivity index (χ1v) is 6.92. The fourth-order valence-electron chi connectivity index (χ4n) is 3.29. The quantitative estimate of drug-likeness (QED) is 0.676. The van der Waals surface area contributed by atoms with Crippen molar-refractivity contribution < 1.29 is 5.11 Å². The molecule has 3 N–H and O–H groups in total. The maximum Gasteiger partial charge on any atom is 0.0636 e. The molecule has 1 saturated heterocycles. The van der Waals surface area contributed by atoms with Crippen LogP contribution in [0.4, 0.5) is 0 Å². The maximum atomic E-state index is 9.36. The maximum absolute atomic E-state index is 9.36. The molecule has 3 nitrogen and oxygen atoms in total. The SMILES string of the molecule is CC(O)CNC1CCCCC1C1CCCN1. The van der Waals surface area contributed by atoms with Crippen LogP contribution in [0.1, 0.15) is 45.4 Å². The second kappa shape index (κ2) is 5.99. The summed E-state index contributed by atoms with van der Waals surface area (Å²) in [7, 11) is 0. The van der Waals surface area contributed by atoms with Crippen LogP contribution in [-0.2, 0) is 0 Å². The van der Waals surface area contributed by atoms with Gasteiger partial charge in [-0.3, -0.25) is 0 Å². The van der Waals surface area contributed by atoms with Gasteiger partial charge in [-0.25, -0.2) is 0 Å². The van der Waals surface area contributed by atoms with Crippen molar-refractivity contribution in [3.63, 3.8) is 0 Å². The molecular formula is C13H26N2O. The lowest BCUT2D eigenvalue weighted by Crippen LogP contribution is -2.48. The Hall–Kier alpha value is -0.120. The smallest absolute Gasteiger partial charge is 0.0636 e. The van der Waals surface area contributed by atoms with Crippen LogP contribution in [-0.4, -0.2) is 36.4 Å². The number of rotatable bonds is 4. The average molecular weight is 226 g/mol. The van der Waals surface area contributed by atoms with Crippen LogP contribution < -0.4 is 10.6 Å². The van der Waals surface area contributed by atoms with Crippen molar-refractivity contribution in [3.8, 4) is 0 Å². The molecule has 1 aliphatic heterocycles. The van der Waals surface area contributed by atoms with Crippen molar-refractivity contribution >= 4 is 0 Å². The van der Waals surface area contributed by atoms with Gasteiger partial charge in [0.1, 0.15) is 0 Å². The molecule has 0 aromatic rings. The number of aliphatic hydroxyl groups is 1. The first-order chi connectivity index (χ1) is 7.77. The van der Waals surface area contributed by atoms with Crippen LogP contribution in [0.15, 0.2) is 0 Å². The fraction of sp³-hybridized carbons (Fsp3) is 1.00. The van der Waals surface area contributed by atoms with E-state index >= 15 is 0 Å². The van der Waals surface area contributed by atoms with Crippen molar-refractivity contribution in [2.45, 2.75) is 63.6 Å². The zero-order valence-corrected chi connectivity index (χ0v) is 10.4. The standard InChI is InChI=1S/C13H26N2O/c1-10(16)9-15-13-6-3-2-5-11(13)12-7-4-8-14-12/h10-16H,2-9H2,1H3. The summed E-state index contributed by atoms with van der Waals surface area (Å²) >= 11 is 0. The summed E-state index contributed by atoms with van der Waals surface area (Å²) in [6.07, 6.45) is 7.84. The molecule has 16 heavy (non-hydrogen) atoms. The Morgan fingerprint density at radius 1 is 1.25 bits per heavy atom. The molecule has 1 aliphatic carbocycles. The molecule has 1 heterocycles. The van der Waals surface area contributed by atoms with E-state index in [1.165, 1.54) is 45.1 Å². The topological polar surface area (TPSA) is 44.3 Å². The minimum atomic E-state index is -0.223. The van der Waals surface area contributed by atoms with Gasteiger partial charge in [0.15, 0.2) is 0 Å². The highest BCUT2D eigenvalue weighted by molar-refractivity contribution is 4.91. The van der Waals surface area contributed by atoms with Crippen LogP contribution in [0.3, 0.4) is 0 Å². The Bertz CT molecular complexity index is 202. The van der Waals surface area contributed by atoms with Gasteiger partial charge in [-0.2, -0.15) is 0 Å². The lowest BCUT2D eigenvalue weighted by molar-refractivity contribution is 0.158. The Kier molecular flexibility index (Phi) is 4.62. The summed E-state index contributed by atoms with van der Waals surface area (Å²) in [5, 5.41) is 16.6. The van der Waals surface area contributed by atoms with Gasteiger partial charge in [0.05, 0.1) is 6.10 Å². The van der Waals surface area contributed by atoms with Gasteiger partial charge in [0.25, 0.3) is 0 Å². The number of aliphatic hydroxyl groups excluding tert-OH is 1. The molecule has 4 unspecified atom stereocenters. The molecule has 4 atom stereocenters. The highest BCUT2D eigenvalue weighted by atomic mass is 16.3. The van der Waals surface area contributed by atoms with E-state index < -0.39 is 0 Å². The first kappa shape index (κ1) is 12.3. The Morgan fingerprint density at radius 3 is 2.75 bits per heavy atom. The lowest BCUT2D eigenvalue weighted by Gasteiger charge is -2.36. The zero-order chi connectivity index (χ0) is 11.4. The second-order valence-electron chi connectivity index (χ2n) is 5.51. The Balaban J connectivity index is 1.85. The van der Waals surface area contributed by atoms with Gasteiger partial charge in [-0.15, -0.1) is 0 Å². The fourth-order valence-corrected chi connectivity index (χ4v) is 3.29. The van der Waals surface area contributed by atoms with Crippen molar-refractivity contribution in [2.24, 2.45) is 5.92 Å². The van der Waals surface area contributed by atoms with Crippen molar-refractivity contribution in [1.29, 1.82) is 0 Å². The predicted octanol–water partition coefficient (Wildman–Crippen LogP) is 1.27. The average Bonchev–Trinajstić information content (AvgIpc) is 2.80. The monoisotopic (exact) mass is 226 g/mol. The summed E-state index contributed by atoms with van der Waals surface area (Å²) in [6.45, 7) is 3.80. The number of hydrogen-bond donors (Lipinski definition) is 3. The molecule has 2 rings (SSSR count). The lowest BCUT2D eigenvalue weighted by atomic mass is 9.79. The second-order valence-corrected chi connectivity index (χ2v) is 5.51. The minimum Gasteiger partial charge on any atom is -0.392 e. The van der Waals surface area contributed by atoms with E-state index in [0.29, 0.717) is 6.04 Å². The Morgan fingerprint density at radius 2 is 2.06 bits per heavy atom. The van der Waals surface area contributed by atoms with Crippen molar-refractivity contribution in [2.75, 3.05) is 13.1 Å². The summed E-state index contributed by atoms with van der Waals surface area (Å²) in [5.74, 6) is 0.787. The van der Waals surface area contributed by atoms with Crippen LogP contribution >= 0.6 is 0 Å². The summed E-state index contributed by atoms with van der Waals surface area (Å²) in [5.41, 5.74) is 0. The van der Waals surface area contributed by atoms with Gasteiger partial charge in [-0.1, -0.05) is 12.8 Å². The van der Waals surface area contributed by atoms with E-state index in [1.807, 2.05) is 6.92 Å². The van der Waals surface area contributed by atoms with Crippen LogP contribution in [0.2, 0.25) is 0 Å². The van der Waals surface area contributed by atoms with Crippen molar-refractivity contribution in [3.05, 3.63) is 0 Å². The molecule has 1 saturated carbocycles. The summed E-state index contributed by atoms with van der Waals surface area (Å²) in [6, 6.07) is 1.35.